The summed E-state index contributed by atoms with van der Waals surface area (Å²) in [6, 6.07) is 0. The first-order valence-electron chi connectivity index (χ1n) is 8.92. The van der Waals surface area contributed by atoms with Gasteiger partial charge in [0.25, 0.3) is 0 Å². The van der Waals surface area contributed by atoms with E-state index in [9.17, 15) is 0 Å². The van der Waals surface area contributed by atoms with Crippen molar-refractivity contribution in [2.75, 3.05) is 39.8 Å². The maximum absolute atomic E-state index is 4.45. The van der Waals surface area contributed by atoms with Gasteiger partial charge in [-0.2, -0.15) is 0 Å². The lowest BCUT2D eigenvalue weighted by molar-refractivity contribution is 0.289. The van der Waals surface area contributed by atoms with E-state index in [2.05, 4.69) is 32.4 Å². The first-order valence-corrected chi connectivity index (χ1v) is 9.74. The number of likely N-dealkylation sites (tertiary alicyclic amines) is 1. The molecule has 23 heavy (non-hydrogen) atoms. The number of hydrogen-bond acceptors (Lipinski definition) is 4. The van der Waals surface area contributed by atoms with Crippen molar-refractivity contribution in [2.45, 2.75) is 45.4 Å². The van der Waals surface area contributed by atoms with Gasteiger partial charge in [0, 0.05) is 44.2 Å². The van der Waals surface area contributed by atoms with E-state index in [1.165, 1.54) is 48.7 Å². The molecule has 0 aromatic carbocycles. The van der Waals surface area contributed by atoms with E-state index in [0.717, 1.165) is 38.4 Å². The number of aryl methyl sites for hydroxylation is 1. The topological polar surface area (TPSA) is 52.6 Å². The Morgan fingerprint density at radius 3 is 2.61 bits per heavy atom. The van der Waals surface area contributed by atoms with Gasteiger partial charge in [-0.1, -0.05) is 19.8 Å². The average Bonchev–Trinajstić information content (AvgIpc) is 2.88. The molecule has 0 aliphatic carbocycles. The first-order chi connectivity index (χ1) is 11.3. The summed E-state index contributed by atoms with van der Waals surface area (Å²) in [7, 11) is 1.83. The summed E-state index contributed by atoms with van der Waals surface area (Å²) >= 11 is 1.81. The minimum atomic E-state index is 0.875. The Morgan fingerprint density at radius 2 is 1.96 bits per heavy atom. The van der Waals surface area contributed by atoms with Gasteiger partial charge in [-0.05, 0) is 32.4 Å². The number of aliphatic imine (C=N–C) groups is 1. The molecule has 1 aliphatic heterocycles. The second kappa shape index (κ2) is 10.6. The molecule has 0 saturated carbocycles. The molecule has 2 heterocycles. The molecule has 1 aromatic heterocycles. The number of guanidine groups is 1. The molecule has 6 heteroatoms. The minimum absolute atomic E-state index is 0.875. The van der Waals surface area contributed by atoms with E-state index in [1.54, 1.807) is 0 Å². The van der Waals surface area contributed by atoms with E-state index in [1.807, 2.05) is 24.6 Å². The minimum Gasteiger partial charge on any atom is -0.356 e. The standard InChI is InChI=1S/C17H31N5S/c1-3-15-14-21-16(23-15)8-9-19-17(18-2)20-10-13-22-11-6-4-5-7-12-22/h14H,3-13H2,1-2H3,(H2,18,19,20). The lowest BCUT2D eigenvalue weighted by Crippen LogP contribution is -2.42. The third kappa shape index (κ3) is 6.87. The van der Waals surface area contributed by atoms with Gasteiger partial charge in [0.2, 0.25) is 0 Å². The average molecular weight is 338 g/mol. The van der Waals surface area contributed by atoms with Crippen LogP contribution in [0.15, 0.2) is 11.2 Å². The number of nitrogens with one attached hydrogen (secondary N) is 2. The number of nitrogens with zero attached hydrogens (tertiary/aromatic N) is 3. The normalized spacial score (nSPS) is 17.0. The van der Waals surface area contributed by atoms with Crippen LogP contribution in [0.5, 0.6) is 0 Å². The molecule has 0 radical (unpaired) electrons. The fraction of sp³-hybridized carbons (Fsp3) is 0.765. The maximum Gasteiger partial charge on any atom is 0.191 e. The van der Waals surface area contributed by atoms with Crippen molar-refractivity contribution in [2.24, 2.45) is 4.99 Å². The third-order valence-corrected chi connectivity index (χ3v) is 5.43. The van der Waals surface area contributed by atoms with E-state index >= 15 is 0 Å². The second-order valence-electron chi connectivity index (χ2n) is 6.01. The number of aromatic nitrogens is 1. The van der Waals surface area contributed by atoms with Crippen molar-refractivity contribution in [3.8, 4) is 0 Å². The monoisotopic (exact) mass is 337 g/mol. The molecule has 1 aliphatic rings. The van der Waals surface area contributed by atoms with E-state index in [4.69, 9.17) is 0 Å². The molecule has 0 bridgehead atoms. The van der Waals surface area contributed by atoms with E-state index in [0.29, 0.717) is 0 Å². The molecule has 0 amide bonds. The summed E-state index contributed by atoms with van der Waals surface area (Å²) in [4.78, 5) is 12.7. The number of hydrogen-bond donors (Lipinski definition) is 2. The van der Waals surface area contributed by atoms with Crippen LogP contribution in [0.3, 0.4) is 0 Å². The largest absolute Gasteiger partial charge is 0.356 e. The summed E-state index contributed by atoms with van der Waals surface area (Å²) in [6.07, 6.45) is 9.50. The van der Waals surface area contributed by atoms with Crippen LogP contribution in [-0.2, 0) is 12.8 Å². The predicted octanol–water partition coefficient (Wildman–Crippen LogP) is 2.29. The van der Waals surface area contributed by atoms with E-state index in [-0.39, 0.29) is 0 Å². The number of thiazole rings is 1. The fourth-order valence-electron chi connectivity index (χ4n) is 2.83. The molecule has 0 unspecified atom stereocenters. The van der Waals surface area contributed by atoms with Crippen LogP contribution in [0.25, 0.3) is 0 Å². The van der Waals surface area contributed by atoms with Gasteiger partial charge >= 0.3 is 0 Å². The number of rotatable bonds is 7. The lowest BCUT2D eigenvalue weighted by atomic mass is 10.2. The van der Waals surface area contributed by atoms with Crippen LogP contribution in [0.2, 0.25) is 0 Å². The van der Waals surface area contributed by atoms with Crippen LogP contribution in [0.1, 0.15) is 42.5 Å². The lowest BCUT2D eigenvalue weighted by Gasteiger charge is -2.20. The molecular weight excluding hydrogens is 306 g/mol. The summed E-state index contributed by atoms with van der Waals surface area (Å²) in [6.45, 7) is 7.60. The van der Waals surface area contributed by atoms with Gasteiger partial charge < -0.3 is 15.5 Å². The Bertz CT molecular complexity index is 463. The molecule has 1 fully saturated rings. The van der Waals surface area contributed by atoms with Crippen LogP contribution in [0.4, 0.5) is 0 Å². The van der Waals surface area contributed by atoms with Gasteiger partial charge in [0.1, 0.15) is 0 Å². The zero-order valence-electron chi connectivity index (χ0n) is 14.6. The Labute approximate surface area is 144 Å². The van der Waals surface area contributed by atoms with Crippen molar-refractivity contribution in [1.29, 1.82) is 0 Å². The Hall–Kier alpha value is -1.14. The predicted molar refractivity (Wildman–Crippen MR) is 99.5 cm³/mol. The first kappa shape index (κ1) is 18.2. The molecule has 2 N–H and O–H groups in total. The Morgan fingerprint density at radius 1 is 1.22 bits per heavy atom. The van der Waals surface area contributed by atoms with Crippen LogP contribution in [-0.4, -0.2) is 55.6 Å². The molecular formula is C17H31N5S. The Kier molecular flexibility index (Phi) is 8.39. The van der Waals surface area contributed by atoms with Gasteiger partial charge in [-0.15, -0.1) is 11.3 Å². The SMILES string of the molecule is CCc1cnc(CCNC(=NC)NCCN2CCCCCC2)s1. The van der Waals surface area contributed by atoms with Crippen molar-refractivity contribution >= 4 is 17.3 Å². The van der Waals surface area contributed by atoms with Crippen LogP contribution in [0, 0.1) is 0 Å². The molecule has 130 valence electrons. The zero-order valence-corrected chi connectivity index (χ0v) is 15.4. The molecule has 0 atom stereocenters. The van der Waals surface area contributed by atoms with Crippen molar-refractivity contribution in [3.05, 3.63) is 16.1 Å². The van der Waals surface area contributed by atoms with Crippen LogP contribution < -0.4 is 10.6 Å². The molecule has 1 saturated heterocycles. The zero-order chi connectivity index (χ0) is 16.3. The molecule has 2 rings (SSSR count). The summed E-state index contributed by atoms with van der Waals surface area (Å²) in [5.74, 6) is 0.895. The summed E-state index contributed by atoms with van der Waals surface area (Å²) in [5.41, 5.74) is 0. The van der Waals surface area contributed by atoms with E-state index < -0.39 is 0 Å². The third-order valence-electron chi connectivity index (χ3n) is 4.22. The van der Waals surface area contributed by atoms with Gasteiger partial charge in [-0.25, -0.2) is 4.98 Å². The smallest absolute Gasteiger partial charge is 0.191 e. The summed E-state index contributed by atoms with van der Waals surface area (Å²) in [5, 5.41) is 8.01. The highest BCUT2D eigenvalue weighted by molar-refractivity contribution is 7.11. The van der Waals surface area contributed by atoms with Crippen molar-refractivity contribution in [1.82, 2.24) is 20.5 Å². The summed E-state index contributed by atoms with van der Waals surface area (Å²) < 4.78 is 0. The van der Waals surface area contributed by atoms with Crippen molar-refractivity contribution in [3.63, 3.8) is 0 Å². The highest BCUT2D eigenvalue weighted by Gasteiger charge is 2.08. The molecule has 5 nitrogen and oxygen atoms in total. The quantitative estimate of drug-likeness (QED) is 0.592. The van der Waals surface area contributed by atoms with Crippen molar-refractivity contribution < 1.29 is 0 Å². The highest BCUT2D eigenvalue weighted by atomic mass is 32.1. The Balaban J connectivity index is 1.61. The maximum atomic E-state index is 4.45. The molecule has 0 spiro atoms. The van der Waals surface area contributed by atoms with Gasteiger partial charge in [0.15, 0.2) is 5.96 Å². The fourth-order valence-corrected chi connectivity index (χ4v) is 3.69. The molecule has 1 aromatic rings. The second-order valence-corrected chi connectivity index (χ2v) is 7.21. The van der Waals surface area contributed by atoms with Crippen LogP contribution >= 0.6 is 11.3 Å². The van der Waals surface area contributed by atoms with Gasteiger partial charge in [0.05, 0.1) is 5.01 Å². The van der Waals surface area contributed by atoms with Gasteiger partial charge in [-0.3, -0.25) is 4.99 Å². The highest BCUT2D eigenvalue weighted by Crippen LogP contribution is 2.13.